The third-order valence-electron chi connectivity index (χ3n) is 3.78. The highest BCUT2D eigenvalue weighted by atomic mass is 32.2. The van der Waals surface area contributed by atoms with E-state index in [1.54, 1.807) is 0 Å². The van der Waals surface area contributed by atoms with Gasteiger partial charge >= 0.3 is 0 Å². The number of hydrogen-bond acceptors (Lipinski definition) is 4. The predicted octanol–water partition coefficient (Wildman–Crippen LogP) is 1.85. The van der Waals surface area contributed by atoms with Crippen LogP contribution >= 0.6 is 11.8 Å². The lowest BCUT2D eigenvalue weighted by Crippen LogP contribution is -2.47. The van der Waals surface area contributed by atoms with Gasteiger partial charge in [-0.15, -0.1) is 0 Å². The summed E-state index contributed by atoms with van der Waals surface area (Å²) in [4.78, 5) is 2.40. The lowest BCUT2D eigenvalue weighted by Gasteiger charge is -2.40. The minimum Gasteiger partial charge on any atom is -0.396 e. The zero-order valence-electron chi connectivity index (χ0n) is 11.4. The van der Waals surface area contributed by atoms with Crippen molar-refractivity contribution in [3.8, 4) is 0 Å². The Morgan fingerprint density at radius 2 is 2.29 bits per heavy atom. The Morgan fingerprint density at radius 3 is 2.76 bits per heavy atom. The molecule has 2 unspecified atom stereocenters. The van der Waals surface area contributed by atoms with Gasteiger partial charge in [0, 0.05) is 30.4 Å². The minimum atomic E-state index is -0.0289. The Kier molecular flexibility index (Phi) is 6.85. The van der Waals surface area contributed by atoms with Crippen LogP contribution in [0.25, 0.3) is 0 Å². The van der Waals surface area contributed by atoms with Crippen LogP contribution in [0.3, 0.4) is 0 Å². The molecule has 1 fully saturated rings. The van der Waals surface area contributed by atoms with Crippen molar-refractivity contribution in [2.24, 2.45) is 5.41 Å². The molecule has 0 bridgehead atoms. The molecule has 1 aliphatic rings. The van der Waals surface area contributed by atoms with Gasteiger partial charge in [0.2, 0.25) is 0 Å². The van der Waals surface area contributed by atoms with Crippen LogP contribution in [-0.4, -0.2) is 61.5 Å². The molecule has 0 aliphatic carbocycles. The number of thioether (sulfide) groups is 1. The minimum absolute atomic E-state index is 0.0289. The van der Waals surface area contributed by atoms with Crippen molar-refractivity contribution in [1.29, 1.82) is 0 Å². The second-order valence-corrected chi connectivity index (χ2v) is 6.16. The fourth-order valence-corrected chi connectivity index (χ4v) is 3.49. The van der Waals surface area contributed by atoms with Crippen molar-refractivity contribution in [2.75, 3.05) is 45.4 Å². The zero-order valence-corrected chi connectivity index (χ0v) is 12.3. The first-order chi connectivity index (χ1) is 8.17. The molecule has 1 saturated heterocycles. The highest BCUT2D eigenvalue weighted by Crippen LogP contribution is 2.29. The summed E-state index contributed by atoms with van der Waals surface area (Å²) in [5.74, 6) is 1.16. The molecule has 1 rings (SSSR count). The van der Waals surface area contributed by atoms with E-state index in [1.165, 1.54) is 6.42 Å². The maximum Gasteiger partial charge on any atom is 0.0556 e. The molecule has 0 saturated carbocycles. The number of ether oxygens (including phenoxy) is 1. The molecular formula is C13H27NO2S. The summed E-state index contributed by atoms with van der Waals surface area (Å²) in [5.41, 5.74) is -0.0289. The summed E-state index contributed by atoms with van der Waals surface area (Å²) in [6.45, 7) is 4.99. The number of aliphatic hydroxyl groups is 1. The average Bonchev–Trinajstić information content (AvgIpc) is 2.36. The standard InChI is InChI=1S/C13H27NO2S/c1-4-12(8-17-3)14(2)9-13(10-15)6-5-7-16-11-13/h12,15H,4-11H2,1-3H3. The van der Waals surface area contributed by atoms with E-state index in [9.17, 15) is 5.11 Å². The second-order valence-electron chi connectivity index (χ2n) is 5.25. The van der Waals surface area contributed by atoms with Crippen molar-refractivity contribution in [3.05, 3.63) is 0 Å². The molecule has 0 aromatic heterocycles. The van der Waals surface area contributed by atoms with Gasteiger partial charge in [-0.25, -0.2) is 0 Å². The van der Waals surface area contributed by atoms with Gasteiger partial charge in [-0.2, -0.15) is 11.8 Å². The molecule has 17 heavy (non-hydrogen) atoms. The lowest BCUT2D eigenvalue weighted by molar-refractivity contribution is -0.0561. The third-order valence-corrected chi connectivity index (χ3v) is 4.50. The summed E-state index contributed by atoms with van der Waals surface area (Å²) < 4.78 is 5.56. The smallest absolute Gasteiger partial charge is 0.0556 e. The Bertz CT molecular complexity index is 208. The van der Waals surface area contributed by atoms with Crippen molar-refractivity contribution in [2.45, 2.75) is 32.2 Å². The van der Waals surface area contributed by atoms with Crippen LogP contribution in [0.15, 0.2) is 0 Å². The van der Waals surface area contributed by atoms with Crippen LogP contribution in [0.5, 0.6) is 0 Å². The normalized spacial score (nSPS) is 27.4. The maximum absolute atomic E-state index is 9.66. The van der Waals surface area contributed by atoms with E-state index in [-0.39, 0.29) is 12.0 Å². The first kappa shape index (κ1) is 15.3. The molecule has 0 spiro atoms. The number of aliphatic hydroxyl groups excluding tert-OH is 1. The highest BCUT2D eigenvalue weighted by molar-refractivity contribution is 7.98. The van der Waals surface area contributed by atoms with Crippen LogP contribution in [0.4, 0.5) is 0 Å². The van der Waals surface area contributed by atoms with Crippen LogP contribution in [0.1, 0.15) is 26.2 Å². The quantitative estimate of drug-likeness (QED) is 0.758. The van der Waals surface area contributed by atoms with Crippen molar-refractivity contribution >= 4 is 11.8 Å². The van der Waals surface area contributed by atoms with Crippen LogP contribution < -0.4 is 0 Å². The Balaban J connectivity index is 2.53. The predicted molar refractivity (Wildman–Crippen MR) is 74.7 cm³/mol. The number of rotatable bonds is 7. The van der Waals surface area contributed by atoms with E-state index >= 15 is 0 Å². The molecule has 0 aromatic rings. The monoisotopic (exact) mass is 261 g/mol. The summed E-state index contributed by atoms with van der Waals surface area (Å²) in [5, 5.41) is 9.66. The summed E-state index contributed by atoms with van der Waals surface area (Å²) in [6.07, 6.45) is 5.49. The topological polar surface area (TPSA) is 32.7 Å². The van der Waals surface area contributed by atoms with Crippen molar-refractivity contribution in [1.82, 2.24) is 4.90 Å². The Morgan fingerprint density at radius 1 is 1.53 bits per heavy atom. The van der Waals surface area contributed by atoms with Gasteiger partial charge in [-0.05, 0) is 32.6 Å². The molecule has 2 atom stereocenters. The molecule has 3 nitrogen and oxygen atoms in total. The van der Waals surface area contributed by atoms with Crippen molar-refractivity contribution < 1.29 is 9.84 Å². The molecule has 0 aromatic carbocycles. The number of nitrogens with zero attached hydrogens (tertiary/aromatic N) is 1. The molecule has 1 aliphatic heterocycles. The Hall–Kier alpha value is 0.230. The SMILES string of the molecule is CCC(CSC)N(C)CC1(CO)CCCOC1. The summed E-state index contributed by atoms with van der Waals surface area (Å²) in [7, 11) is 2.18. The largest absolute Gasteiger partial charge is 0.396 e. The Labute approximate surface area is 110 Å². The summed E-state index contributed by atoms with van der Waals surface area (Å²) in [6, 6.07) is 0.607. The fraction of sp³-hybridized carbons (Fsp3) is 1.00. The maximum atomic E-state index is 9.66. The molecule has 1 heterocycles. The summed E-state index contributed by atoms with van der Waals surface area (Å²) >= 11 is 1.90. The van der Waals surface area contributed by atoms with Gasteiger partial charge in [-0.3, -0.25) is 0 Å². The highest BCUT2D eigenvalue weighted by Gasteiger charge is 2.34. The van der Waals surface area contributed by atoms with E-state index < -0.39 is 0 Å². The fourth-order valence-electron chi connectivity index (χ4n) is 2.62. The molecule has 102 valence electrons. The van der Waals surface area contributed by atoms with Gasteiger partial charge < -0.3 is 14.7 Å². The van der Waals surface area contributed by atoms with Gasteiger partial charge in [-0.1, -0.05) is 6.92 Å². The van der Waals surface area contributed by atoms with Gasteiger partial charge in [0.05, 0.1) is 13.2 Å². The van der Waals surface area contributed by atoms with Crippen molar-refractivity contribution in [3.63, 3.8) is 0 Å². The molecule has 1 N–H and O–H groups in total. The average molecular weight is 261 g/mol. The van der Waals surface area contributed by atoms with E-state index in [2.05, 4.69) is 25.1 Å². The number of hydrogen-bond donors (Lipinski definition) is 1. The molecule has 0 amide bonds. The third kappa shape index (κ3) is 4.43. The zero-order chi connectivity index (χ0) is 12.7. The molecule has 4 heteroatoms. The van der Waals surface area contributed by atoms with E-state index in [4.69, 9.17) is 4.74 Å². The van der Waals surface area contributed by atoms with Gasteiger partial charge in [0.1, 0.15) is 0 Å². The van der Waals surface area contributed by atoms with Gasteiger partial charge in [0.15, 0.2) is 0 Å². The van der Waals surface area contributed by atoms with Crippen LogP contribution in [0, 0.1) is 5.41 Å². The second kappa shape index (κ2) is 7.62. The van der Waals surface area contributed by atoms with Gasteiger partial charge in [0.25, 0.3) is 0 Å². The van der Waals surface area contributed by atoms with Crippen LogP contribution in [0.2, 0.25) is 0 Å². The van der Waals surface area contributed by atoms with E-state index in [0.29, 0.717) is 12.6 Å². The molecular weight excluding hydrogens is 234 g/mol. The van der Waals surface area contributed by atoms with E-state index in [1.807, 2.05) is 11.8 Å². The van der Waals surface area contributed by atoms with Crippen LogP contribution in [-0.2, 0) is 4.74 Å². The first-order valence-electron chi connectivity index (χ1n) is 6.55. The first-order valence-corrected chi connectivity index (χ1v) is 7.94. The lowest BCUT2D eigenvalue weighted by atomic mass is 9.82. The van der Waals surface area contributed by atoms with E-state index in [0.717, 1.165) is 31.7 Å². The molecule has 0 radical (unpaired) electrons.